The second-order valence-electron chi connectivity index (χ2n) is 4.86. The summed E-state index contributed by atoms with van der Waals surface area (Å²) in [5.74, 6) is -4.95. The maximum Gasteiger partial charge on any atom is 0.246 e. The molecule has 1 heterocycles. The number of carbonyl (C=O) groups excluding carboxylic acids is 1. The monoisotopic (exact) mass is 309 g/mol. The van der Waals surface area contributed by atoms with E-state index in [-0.39, 0.29) is 0 Å². The van der Waals surface area contributed by atoms with Gasteiger partial charge in [0.05, 0.1) is 5.69 Å². The van der Waals surface area contributed by atoms with Crippen LogP contribution in [0.1, 0.15) is 11.6 Å². The summed E-state index contributed by atoms with van der Waals surface area (Å²) < 4.78 is 39.7. The van der Waals surface area contributed by atoms with E-state index in [1.165, 1.54) is 6.20 Å². The summed E-state index contributed by atoms with van der Waals surface area (Å²) in [6.07, 6.45) is 3.06. The highest BCUT2D eigenvalue weighted by atomic mass is 19.2. The standard InChI is InChI=1S/C15H14F3N3O/c1-21(2)14(9-4-3-7-19-8-9)15(22)20-11-6-5-10(16)12(17)13(11)18/h3-8,14H,1-2H3,(H,20,22). The Bertz CT molecular complexity index is 677. The predicted molar refractivity (Wildman–Crippen MR) is 75.6 cm³/mol. The molecule has 22 heavy (non-hydrogen) atoms. The molecular formula is C15H14F3N3O. The fourth-order valence-electron chi connectivity index (χ4n) is 2.05. The summed E-state index contributed by atoms with van der Waals surface area (Å²) in [6, 6.07) is 4.33. The predicted octanol–water partition coefficient (Wildman–Crippen LogP) is 2.74. The SMILES string of the molecule is CN(C)C(C(=O)Nc1ccc(F)c(F)c1F)c1cccnc1. The molecule has 4 nitrogen and oxygen atoms in total. The van der Waals surface area contributed by atoms with Crippen LogP contribution in [0, 0.1) is 17.5 Å². The van der Waals surface area contributed by atoms with Gasteiger partial charge in [0.1, 0.15) is 6.04 Å². The van der Waals surface area contributed by atoms with E-state index in [1.54, 1.807) is 37.3 Å². The molecule has 7 heteroatoms. The molecule has 0 saturated carbocycles. The number of aromatic nitrogens is 1. The number of hydrogen-bond donors (Lipinski definition) is 1. The molecule has 0 radical (unpaired) electrons. The molecule has 1 atom stereocenters. The highest BCUT2D eigenvalue weighted by molar-refractivity contribution is 5.95. The van der Waals surface area contributed by atoms with Gasteiger partial charge in [-0.2, -0.15) is 0 Å². The summed E-state index contributed by atoms with van der Waals surface area (Å²) in [5.41, 5.74) is 0.174. The Kier molecular flexibility index (Phi) is 4.77. The first-order valence-electron chi connectivity index (χ1n) is 6.42. The van der Waals surface area contributed by atoms with Crippen LogP contribution >= 0.6 is 0 Å². The van der Waals surface area contributed by atoms with Gasteiger partial charge in [0.2, 0.25) is 5.91 Å². The van der Waals surface area contributed by atoms with Crippen LogP contribution < -0.4 is 5.32 Å². The molecule has 2 rings (SSSR count). The molecule has 116 valence electrons. The van der Waals surface area contributed by atoms with E-state index in [1.807, 2.05) is 0 Å². The number of likely N-dealkylation sites (N-methyl/N-ethyl adjacent to an activating group) is 1. The zero-order valence-electron chi connectivity index (χ0n) is 12.0. The third-order valence-corrected chi connectivity index (χ3v) is 3.06. The van der Waals surface area contributed by atoms with Crippen LogP contribution in [-0.2, 0) is 4.79 Å². The molecule has 1 unspecified atom stereocenters. The van der Waals surface area contributed by atoms with Crippen molar-refractivity contribution in [2.45, 2.75) is 6.04 Å². The van der Waals surface area contributed by atoms with Crippen LogP contribution in [0.3, 0.4) is 0 Å². The van der Waals surface area contributed by atoms with Crippen LogP contribution in [0.15, 0.2) is 36.7 Å². The first-order valence-corrected chi connectivity index (χ1v) is 6.42. The molecule has 2 aromatic rings. The van der Waals surface area contributed by atoms with Gasteiger partial charge in [-0.3, -0.25) is 14.7 Å². The highest BCUT2D eigenvalue weighted by Gasteiger charge is 2.25. The second kappa shape index (κ2) is 6.57. The van der Waals surface area contributed by atoms with Crippen molar-refractivity contribution in [1.82, 2.24) is 9.88 Å². The molecule has 0 bridgehead atoms. The van der Waals surface area contributed by atoms with Crippen molar-refractivity contribution in [3.63, 3.8) is 0 Å². The third kappa shape index (κ3) is 3.25. The van der Waals surface area contributed by atoms with E-state index < -0.39 is 35.1 Å². The molecular weight excluding hydrogens is 295 g/mol. The molecule has 1 aromatic heterocycles. The quantitative estimate of drug-likeness (QED) is 0.883. The number of nitrogens with zero attached hydrogens (tertiary/aromatic N) is 2. The molecule has 1 amide bonds. The fourth-order valence-corrected chi connectivity index (χ4v) is 2.05. The lowest BCUT2D eigenvalue weighted by Gasteiger charge is -2.23. The van der Waals surface area contributed by atoms with Crippen LogP contribution in [0.5, 0.6) is 0 Å². The van der Waals surface area contributed by atoms with E-state index in [9.17, 15) is 18.0 Å². The van der Waals surface area contributed by atoms with Crippen molar-refractivity contribution < 1.29 is 18.0 Å². The minimum Gasteiger partial charge on any atom is -0.322 e. The summed E-state index contributed by atoms with van der Waals surface area (Å²) in [4.78, 5) is 17.9. The number of hydrogen-bond acceptors (Lipinski definition) is 3. The normalized spacial score (nSPS) is 12.3. The van der Waals surface area contributed by atoms with Gasteiger partial charge in [-0.15, -0.1) is 0 Å². The van der Waals surface area contributed by atoms with E-state index in [2.05, 4.69) is 10.3 Å². The summed E-state index contributed by atoms with van der Waals surface area (Å²) in [7, 11) is 3.33. The van der Waals surface area contributed by atoms with Gasteiger partial charge in [-0.1, -0.05) is 6.07 Å². The number of carbonyl (C=O) groups is 1. The third-order valence-electron chi connectivity index (χ3n) is 3.06. The lowest BCUT2D eigenvalue weighted by molar-refractivity contribution is -0.120. The van der Waals surface area contributed by atoms with E-state index in [0.29, 0.717) is 5.56 Å². The molecule has 1 N–H and O–H groups in total. The van der Waals surface area contributed by atoms with Crippen LogP contribution in [0.2, 0.25) is 0 Å². The van der Waals surface area contributed by atoms with Crippen molar-refractivity contribution in [2.75, 3.05) is 19.4 Å². The lowest BCUT2D eigenvalue weighted by atomic mass is 10.1. The van der Waals surface area contributed by atoms with Gasteiger partial charge in [0.25, 0.3) is 0 Å². The van der Waals surface area contributed by atoms with Crippen molar-refractivity contribution in [3.05, 3.63) is 59.7 Å². The fraction of sp³-hybridized carbons (Fsp3) is 0.200. The first kappa shape index (κ1) is 16.0. The Hall–Kier alpha value is -2.41. The number of amides is 1. The number of benzene rings is 1. The first-order chi connectivity index (χ1) is 10.4. The molecule has 1 aromatic carbocycles. The van der Waals surface area contributed by atoms with Gasteiger partial charge in [0.15, 0.2) is 17.5 Å². The maximum atomic E-state index is 13.6. The second-order valence-corrected chi connectivity index (χ2v) is 4.86. The largest absolute Gasteiger partial charge is 0.322 e. The average Bonchev–Trinajstić information content (AvgIpc) is 2.49. The van der Waals surface area contributed by atoms with E-state index >= 15 is 0 Å². The Labute approximate surface area is 125 Å². The number of rotatable bonds is 4. The molecule has 0 aliphatic rings. The number of pyridine rings is 1. The van der Waals surface area contributed by atoms with Crippen molar-refractivity contribution in [2.24, 2.45) is 0 Å². The minimum absolute atomic E-state index is 0.417. The van der Waals surface area contributed by atoms with Gasteiger partial charge in [-0.05, 0) is 37.9 Å². The topological polar surface area (TPSA) is 45.2 Å². The zero-order chi connectivity index (χ0) is 16.3. The molecule has 0 aliphatic carbocycles. The van der Waals surface area contributed by atoms with Gasteiger partial charge in [0, 0.05) is 12.4 Å². The number of halogens is 3. The number of nitrogens with one attached hydrogen (secondary N) is 1. The van der Waals surface area contributed by atoms with E-state index in [4.69, 9.17) is 0 Å². The molecule has 0 aliphatic heterocycles. The van der Waals surface area contributed by atoms with Crippen molar-refractivity contribution in [3.8, 4) is 0 Å². The van der Waals surface area contributed by atoms with Crippen molar-refractivity contribution >= 4 is 11.6 Å². The average molecular weight is 309 g/mol. The summed E-state index contributed by atoms with van der Waals surface area (Å²) in [5, 5.41) is 2.27. The Balaban J connectivity index is 2.28. The molecule has 0 spiro atoms. The van der Waals surface area contributed by atoms with Gasteiger partial charge in [-0.25, -0.2) is 13.2 Å². The Morgan fingerprint density at radius 3 is 2.50 bits per heavy atom. The smallest absolute Gasteiger partial charge is 0.246 e. The van der Waals surface area contributed by atoms with E-state index in [0.717, 1.165) is 12.1 Å². The van der Waals surface area contributed by atoms with Gasteiger partial charge >= 0.3 is 0 Å². The van der Waals surface area contributed by atoms with Crippen LogP contribution in [0.25, 0.3) is 0 Å². The van der Waals surface area contributed by atoms with Gasteiger partial charge < -0.3 is 5.32 Å². The molecule has 0 saturated heterocycles. The minimum atomic E-state index is -1.62. The zero-order valence-corrected chi connectivity index (χ0v) is 12.0. The van der Waals surface area contributed by atoms with Crippen molar-refractivity contribution in [1.29, 1.82) is 0 Å². The number of anilines is 1. The Morgan fingerprint density at radius 2 is 1.91 bits per heavy atom. The highest BCUT2D eigenvalue weighted by Crippen LogP contribution is 2.23. The summed E-state index contributed by atoms with van der Waals surface area (Å²) in [6.45, 7) is 0. The lowest BCUT2D eigenvalue weighted by Crippen LogP contribution is -2.32. The summed E-state index contributed by atoms with van der Waals surface area (Å²) >= 11 is 0. The Morgan fingerprint density at radius 1 is 1.18 bits per heavy atom. The van der Waals surface area contributed by atoms with Crippen LogP contribution in [-0.4, -0.2) is 29.9 Å². The van der Waals surface area contributed by atoms with Crippen LogP contribution in [0.4, 0.5) is 18.9 Å². The molecule has 0 fully saturated rings. The maximum absolute atomic E-state index is 13.6.